The van der Waals surface area contributed by atoms with Gasteiger partial charge in [0, 0.05) is 25.4 Å². The number of alkyl halides is 6. The zero-order chi connectivity index (χ0) is 25.8. The number of amides is 1. The Hall–Kier alpha value is -3.49. The van der Waals surface area contributed by atoms with Gasteiger partial charge in [0.25, 0.3) is 5.91 Å². The lowest BCUT2D eigenvalue weighted by Crippen LogP contribution is -2.31. The highest BCUT2D eigenvalue weighted by Gasteiger charge is 2.37. The topological polar surface area (TPSA) is 98.0 Å². The fraction of sp³-hybridized carbons (Fsp3) is 0.300. The number of carbonyl (C=O) groups is 1. The third-order valence-electron chi connectivity index (χ3n) is 5.28. The SMILES string of the molecule is CCS(=O)(=O)c1cc(-n2ccc(C(F)(F)F)n2)cnc1C(=O)N1CCc2ncc(C(F)(F)F)cc21. The van der Waals surface area contributed by atoms with Crippen LogP contribution in [0, 0.1) is 0 Å². The van der Waals surface area contributed by atoms with Crippen LogP contribution in [0.15, 0.2) is 41.7 Å². The molecular weight excluding hydrogens is 504 g/mol. The molecule has 0 saturated heterocycles. The molecule has 0 fully saturated rings. The summed E-state index contributed by atoms with van der Waals surface area (Å²) in [7, 11) is -4.13. The van der Waals surface area contributed by atoms with E-state index in [0.717, 1.165) is 34.1 Å². The molecule has 0 spiro atoms. The molecule has 3 aromatic heterocycles. The third kappa shape index (κ3) is 4.59. The van der Waals surface area contributed by atoms with E-state index in [4.69, 9.17) is 0 Å². The molecule has 1 aliphatic rings. The minimum atomic E-state index is -4.74. The Balaban J connectivity index is 1.79. The summed E-state index contributed by atoms with van der Waals surface area (Å²) >= 11 is 0. The van der Waals surface area contributed by atoms with E-state index < -0.39 is 55.7 Å². The molecule has 0 unspecified atom stereocenters. The summed E-state index contributed by atoms with van der Waals surface area (Å²) in [5.74, 6) is -1.46. The van der Waals surface area contributed by atoms with Crippen molar-refractivity contribution in [2.45, 2.75) is 30.6 Å². The summed E-state index contributed by atoms with van der Waals surface area (Å²) < 4.78 is 104. The fourth-order valence-electron chi connectivity index (χ4n) is 3.47. The van der Waals surface area contributed by atoms with Gasteiger partial charge in [0.15, 0.2) is 15.5 Å². The van der Waals surface area contributed by atoms with Crippen molar-refractivity contribution >= 4 is 21.4 Å². The Bertz CT molecular complexity index is 1420. The second-order valence-electron chi connectivity index (χ2n) is 7.48. The van der Waals surface area contributed by atoms with E-state index >= 15 is 0 Å². The van der Waals surface area contributed by atoms with Crippen LogP contribution in [-0.4, -0.2) is 46.4 Å². The fourth-order valence-corrected chi connectivity index (χ4v) is 4.52. The summed E-state index contributed by atoms with van der Waals surface area (Å²) in [6.45, 7) is 1.22. The predicted molar refractivity (Wildman–Crippen MR) is 109 cm³/mol. The van der Waals surface area contributed by atoms with Crippen LogP contribution in [0.25, 0.3) is 5.69 Å². The largest absolute Gasteiger partial charge is 0.435 e. The predicted octanol–water partition coefficient (Wildman–Crippen LogP) is 3.70. The molecule has 0 aliphatic carbocycles. The van der Waals surface area contributed by atoms with Crippen LogP contribution in [0.4, 0.5) is 32.0 Å². The highest BCUT2D eigenvalue weighted by Crippen LogP contribution is 2.36. The van der Waals surface area contributed by atoms with E-state index in [0.29, 0.717) is 12.3 Å². The van der Waals surface area contributed by atoms with Crippen LogP contribution in [0.3, 0.4) is 0 Å². The van der Waals surface area contributed by atoms with E-state index in [1.54, 1.807) is 0 Å². The number of hydrogen-bond acceptors (Lipinski definition) is 6. The lowest BCUT2D eigenvalue weighted by Gasteiger charge is -2.19. The Kier molecular flexibility index (Phi) is 5.85. The molecule has 15 heteroatoms. The molecule has 4 rings (SSSR count). The molecule has 3 aromatic rings. The maximum absolute atomic E-state index is 13.3. The quantitative estimate of drug-likeness (QED) is 0.488. The minimum absolute atomic E-state index is 0.0639. The van der Waals surface area contributed by atoms with E-state index in [-0.39, 0.29) is 30.0 Å². The Morgan fingerprint density at radius 2 is 1.77 bits per heavy atom. The number of nitrogens with zero attached hydrogens (tertiary/aromatic N) is 5. The van der Waals surface area contributed by atoms with Crippen LogP contribution in [0.5, 0.6) is 0 Å². The van der Waals surface area contributed by atoms with Gasteiger partial charge in [0.2, 0.25) is 0 Å². The van der Waals surface area contributed by atoms with Crippen molar-refractivity contribution in [1.82, 2.24) is 19.7 Å². The molecule has 0 bridgehead atoms. The Morgan fingerprint density at radius 3 is 2.37 bits per heavy atom. The number of hydrogen-bond donors (Lipinski definition) is 0. The summed E-state index contributed by atoms with van der Waals surface area (Å²) in [4.78, 5) is 21.3. The smallest absolute Gasteiger partial charge is 0.305 e. The second-order valence-corrected chi connectivity index (χ2v) is 9.73. The first-order chi connectivity index (χ1) is 16.2. The van der Waals surface area contributed by atoms with Crippen LogP contribution in [0.2, 0.25) is 0 Å². The van der Waals surface area contributed by atoms with Gasteiger partial charge in [-0.2, -0.15) is 31.4 Å². The van der Waals surface area contributed by atoms with Crippen molar-refractivity contribution in [2.24, 2.45) is 0 Å². The molecule has 186 valence electrons. The average Bonchev–Trinajstić information content (AvgIpc) is 3.45. The minimum Gasteiger partial charge on any atom is -0.305 e. The normalized spacial score (nSPS) is 14.3. The standard InChI is InChI=1S/C20H15F6N5O3S/c1-2-35(33,34)15-8-12(31-6-4-16(29-31)20(24,25)26)10-28-17(15)18(32)30-5-3-13-14(30)7-11(9-27-13)19(21,22)23/h4,6-10H,2-3,5H2,1H3. The molecule has 1 amide bonds. The van der Waals surface area contributed by atoms with Crippen LogP contribution in [-0.2, 0) is 28.6 Å². The number of fused-ring (bicyclic) bond motifs is 1. The number of pyridine rings is 2. The maximum atomic E-state index is 13.3. The van der Waals surface area contributed by atoms with Gasteiger partial charge in [-0.3, -0.25) is 9.78 Å². The monoisotopic (exact) mass is 519 g/mol. The van der Waals surface area contributed by atoms with E-state index in [1.165, 1.54) is 6.92 Å². The number of sulfone groups is 1. The summed E-state index contributed by atoms with van der Waals surface area (Å²) in [5, 5.41) is 3.36. The molecule has 8 nitrogen and oxygen atoms in total. The molecule has 0 aromatic carbocycles. The third-order valence-corrected chi connectivity index (χ3v) is 7.02. The first-order valence-electron chi connectivity index (χ1n) is 9.96. The number of halogens is 6. The Labute approximate surface area is 194 Å². The van der Waals surface area contributed by atoms with Gasteiger partial charge in [0.05, 0.1) is 34.6 Å². The van der Waals surface area contributed by atoms with Crippen molar-refractivity contribution in [3.63, 3.8) is 0 Å². The molecule has 0 radical (unpaired) electrons. The number of carbonyl (C=O) groups excluding carboxylic acids is 1. The lowest BCUT2D eigenvalue weighted by molar-refractivity contribution is -0.141. The van der Waals surface area contributed by atoms with Gasteiger partial charge in [-0.15, -0.1) is 0 Å². The van der Waals surface area contributed by atoms with Crippen LogP contribution in [0.1, 0.15) is 34.4 Å². The second kappa shape index (κ2) is 8.32. The number of aromatic nitrogens is 4. The molecular formula is C20H15F6N5O3S. The van der Waals surface area contributed by atoms with Gasteiger partial charge < -0.3 is 4.90 Å². The first-order valence-corrected chi connectivity index (χ1v) is 11.6. The number of rotatable bonds is 4. The van der Waals surface area contributed by atoms with E-state index in [9.17, 15) is 39.6 Å². The average molecular weight is 519 g/mol. The van der Waals surface area contributed by atoms with Crippen molar-refractivity contribution in [3.05, 3.63) is 59.4 Å². The van der Waals surface area contributed by atoms with Crippen molar-refractivity contribution < 1.29 is 39.6 Å². The zero-order valence-electron chi connectivity index (χ0n) is 17.7. The maximum Gasteiger partial charge on any atom is 0.435 e. The van der Waals surface area contributed by atoms with Gasteiger partial charge in [-0.25, -0.2) is 18.1 Å². The molecule has 4 heterocycles. The molecule has 1 aliphatic heterocycles. The van der Waals surface area contributed by atoms with Crippen LogP contribution < -0.4 is 4.90 Å². The molecule has 0 saturated carbocycles. The highest BCUT2D eigenvalue weighted by molar-refractivity contribution is 7.91. The zero-order valence-corrected chi connectivity index (χ0v) is 18.5. The first kappa shape index (κ1) is 24.6. The van der Waals surface area contributed by atoms with Crippen LogP contribution >= 0.6 is 0 Å². The van der Waals surface area contributed by atoms with Gasteiger partial charge in [0.1, 0.15) is 10.6 Å². The van der Waals surface area contributed by atoms with Crippen molar-refractivity contribution in [2.75, 3.05) is 17.2 Å². The van der Waals surface area contributed by atoms with Crippen molar-refractivity contribution in [3.8, 4) is 5.69 Å². The number of anilines is 1. The van der Waals surface area contributed by atoms with Gasteiger partial charge in [-0.05, 0) is 18.2 Å². The van der Waals surface area contributed by atoms with Gasteiger partial charge in [-0.1, -0.05) is 6.92 Å². The van der Waals surface area contributed by atoms with E-state index in [1.807, 2.05) is 0 Å². The summed E-state index contributed by atoms with van der Waals surface area (Å²) in [6.07, 6.45) is -6.76. The molecule has 0 atom stereocenters. The Morgan fingerprint density at radius 1 is 1.06 bits per heavy atom. The van der Waals surface area contributed by atoms with E-state index in [2.05, 4.69) is 15.1 Å². The molecule has 0 N–H and O–H groups in total. The summed E-state index contributed by atoms with van der Waals surface area (Å²) in [5.41, 5.74) is -2.95. The summed E-state index contributed by atoms with van der Waals surface area (Å²) in [6, 6.07) is 2.38. The molecule has 35 heavy (non-hydrogen) atoms. The lowest BCUT2D eigenvalue weighted by atomic mass is 10.2. The highest BCUT2D eigenvalue weighted by atomic mass is 32.2. The van der Waals surface area contributed by atoms with Crippen molar-refractivity contribution in [1.29, 1.82) is 0 Å². The van der Waals surface area contributed by atoms with Gasteiger partial charge >= 0.3 is 12.4 Å².